The van der Waals surface area contributed by atoms with Gasteiger partial charge in [0, 0.05) is 36.2 Å². The minimum absolute atomic E-state index is 0.0855. The number of benzene rings is 2. The quantitative estimate of drug-likeness (QED) is 0.365. The molecule has 1 atom stereocenters. The Morgan fingerprint density at radius 1 is 1.09 bits per heavy atom. The molecule has 5 N–H and O–H groups in total. The summed E-state index contributed by atoms with van der Waals surface area (Å²) in [6.07, 6.45) is -2.26. The number of nitrogens with two attached hydrogens (primary N) is 2. The molecule has 0 radical (unpaired) electrons. The molecule has 0 saturated carbocycles. The Bertz CT molecular complexity index is 1400. The van der Waals surface area contributed by atoms with Crippen LogP contribution in [-0.2, 0) is 6.18 Å². The largest absolute Gasteiger partial charge is 0.416 e. The molecule has 8 nitrogen and oxygen atoms in total. The summed E-state index contributed by atoms with van der Waals surface area (Å²) in [7, 11) is 0. The van der Waals surface area contributed by atoms with Gasteiger partial charge in [0.1, 0.15) is 11.5 Å². The Balaban J connectivity index is 1.39. The highest BCUT2D eigenvalue weighted by atomic mass is 19.4. The fraction of sp³-hybridized carbons (Fsp3) is 0.208. The van der Waals surface area contributed by atoms with Crippen LogP contribution in [0.5, 0.6) is 0 Å². The fourth-order valence-corrected chi connectivity index (χ4v) is 4.34. The molecule has 0 unspecified atom stereocenters. The topological polar surface area (TPSA) is 115 Å². The van der Waals surface area contributed by atoms with E-state index in [1.54, 1.807) is 23.2 Å². The third-order valence-electron chi connectivity index (χ3n) is 6.07. The average Bonchev–Trinajstić information content (AvgIpc) is 3.45. The number of aromatic nitrogens is 3. The molecule has 0 aliphatic carbocycles. The number of pyridine rings is 1. The molecule has 4 aromatic rings. The second-order valence-electron chi connectivity index (χ2n) is 8.40. The zero-order valence-corrected chi connectivity index (χ0v) is 18.5. The van der Waals surface area contributed by atoms with Crippen LogP contribution in [0.15, 0.2) is 60.8 Å². The van der Waals surface area contributed by atoms with Gasteiger partial charge in [-0.15, -0.1) is 0 Å². The van der Waals surface area contributed by atoms with Crippen molar-refractivity contribution in [2.75, 3.05) is 29.9 Å². The van der Waals surface area contributed by atoms with Crippen LogP contribution in [0.1, 0.15) is 18.0 Å². The average molecular weight is 481 g/mol. The number of nitrogen functional groups attached to an aromatic ring is 2. The molecule has 5 rings (SSSR count). The van der Waals surface area contributed by atoms with Gasteiger partial charge in [-0.3, -0.25) is 4.68 Å². The zero-order chi connectivity index (χ0) is 24.7. The van der Waals surface area contributed by atoms with Gasteiger partial charge >= 0.3 is 12.2 Å². The number of nitrogens with zero attached hydrogens (tertiary/aromatic N) is 4. The van der Waals surface area contributed by atoms with Crippen LogP contribution >= 0.6 is 0 Å². The Hall–Kier alpha value is -4.28. The van der Waals surface area contributed by atoms with E-state index in [0.29, 0.717) is 42.1 Å². The van der Waals surface area contributed by atoms with Crippen LogP contribution in [0.2, 0.25) is 0 Å². The third kappa shape index (κ3) is 4.32. The second-order valence-corrected chi connectivity index (χ2v) is 8.40. The van der Waals surface area contributed by atoms with Crippen molar-refractivity contribution in [1.29, 1.82) is 0 Å². The summed E-state index contributed by atoms with van der Waals surface area (Å²) in [6.45, 7) is 0.763. The van der Waals surface area contributed by atoms with Crippen LogP contribution in [0.25, 0.3) is 22.2 Å². The smallest absolute Gasteiger partial charge is 0.399 e. The molecule has 35 heavy (non-hydrogen) atoms. The number of amides is 2. The van der Waals surface area contributed by atoms with E-state index in [4.69, 9.17) is 16.6 Å². The number of carbonyl (C=O) groups is 1. The number of likely N-dealkylation sites (tertiary alicyclic amines) is 1. The molecule has 1 aliphatic rings. The molecule has 180 valence electrons. The van der Waals surface area contributed by atoms with E-state index in [2.05, 4.69) is 10.3 Å². The molecule has 2 aromatic heterocycles. The van der Waals surface area contributed by atoms with Gasteiger partial charge in [0.05, 0.1) is 22.5 Å². The lowest BCUT2D eigenvalue weighted by Gasteiger charge is -2.18. The van der Waals surface area contributed by atoms with Gasteiger partial charge in [0.2, 0.25) is 0 Å². The summed E-state index contributed by atoms with van der Waals surface area (Å²) in [5.74, 6) is 0.345. The van der Waals surface area contributed by atoms with Gasteiger partial charge in [0.25, 0.3) is 0 Å². The number of carbonyl (C=O) groups excluding carboxylic acids is 1. The maximum atomic E-state index is 13.0. The highest BCUT2D eigenvalue weighted by Crippen LogP contribution is 2.35. The molecule has 0 spiro atoms. The summed E-state index contributed by atoms with van der Waals surface area (Å²) >= 11 is 0. The van der Waals surface area contributed by atoms with Gasteiger partial charge in [-0.05, 0) is 42.8 Å². The second kappa shape index (κ2) is 8.49. The Labute approximate surface area is 198 Å². The maximum Gasteiger partial charge on any atom is 0.416 e. The number of rotatable bonds is 3. The van der Waals surface area contributed by atoms with Crippen molar-refractivity contribution in [3.8, 4) is 11.3 Å². The maximum absolute atomic E-state index is 13.0. The first-order valence-electron chi connectivity index (χ1n) is 10.9. The summed E-state index contributed by atoms with van der Waals surface area (Å²) in [4.78, 5) is 18.6. The van der Waals surface area contributed by atoms with Crippen LogP contribution in [0.4, 0.5) is 35.2 Å². The van der Waals surface area contributed by atoms with Gasteiger partial charge in [-0.25, -0.2) is 9.78 Å². The predicted molar refractivity (Wildman–Crippen MR) is 127 cm³/mol. The molecule has 3 heterocycles. The number of nitrogens with one attached hydrogen (secondary N) is 1. The molecule has 1 saturated heterocycles. The first-order chi connectivity index (χ1) is 16.7. The van der Waals surface area contributed by atoms with E-state index in [1.165, 1.54) is 12.1 Å². The van der Waals surface area contributed by atoms with Gasteiger partial charge in [-0.1, -0.05) is 18.2 Å². The van der Waals surface area contributed by atoms with Gasteiger partial charge in [-0.2, -0.15) is 18.3 Å². The fourth-order valence-electron chi connectivity index (χ4n) is 4.34. The first-order valence-corrected chi connectivity index (χ1v) is 10.9. The molecule has 11 heteroatoms. The lowest BCUT2D eigenvalue weighted by molar-refractivity contribution is -0.137. The number of alkyl halides is 3. The molecule has 0 bridgehead atoms. The van der Waals surface area contributed by atoms with Crippen molar-refractivity contribution in [3.05, 3.63) is 66.4 Å². The van der Waals surface area contributed by atoms with Crippen molar-refractivity contribution in [3.63, 3.8) is 0 Å². The number of fused-ring (bicyclic) bond motifs is 1. The molecule has 2 aromatic carbocycles. The summed E-state index contributed by atoms with van der Waals surface area (Å²) in [5, 5.41) is 8.10. The molecular weight excluding hydrogens is 459 g/mol. The third-order valence-corrected chi connectivity index (χ3v) is 6.07. The predicted octanol–water partition coefficient (Wildman–Crippen LogP) is 4.76. The van der Waals surface area contributed by atoms with Crippen molar-refractivity contribution >= 4 is 34.1 Å². The lowest BCUT2D eigenvalue weighted by atomic mass is 10.1. The summed E-state index contributed by atoms with van der Waals surface area (Å²) < 4.78 is 40.8. The van der Waals surface area contributed by atoms with Crippen molar-refractivity contribution in [1.82, 2.24) is 19.7 Å². The standard InChI is InChI=1S/C24H22F3N7O/c25-24(26,27)15-2-1-3-17(12-15)31-23(35)33-11-9-18(13-33)34-19-8-10-30-22(29)20(19)21(32-34)14-4-6-16(28)7-5-14/h1-8,10,12,18H,9,11,13,28H2,(H2,29,30)(H,31,35)/t18-/m0/s1. The Morgan fingerprint density at radius 3 is 2.60 bits per heavy atom. The number of halogens is 3. The van der Waals surface area contributed by atoms with Gasteiger partial charge < -0.3 is 21.7 Å². The molecular formula is C24H22F3N7O. The number of hydrogen-bond donors (Lipinski definition) is 3. The molecule has 1 fully saturated rings. The molecule has 2 amide bonds. The first kappa shape index (κ1) is 22.5. The van der Waals surface area contributed by atoms with E-state index < -0.39 is 17.8 Å². The minimum Gasteiger partial charge on any atom is -0.399 e. The van der Waals surface area contributed by atoms with Crippen molar-refractivity contribution in [2.24, 2.45) is 0 Å². The normalized spacial score (nSPS) is 16.1. The highest BCUT2D eigenvalue weighted by molar-refractivity contribution is 6.00. The monoisotopic (exact) mass is 481 g/mol. The van der Waals surface area contributed by atoms with Crippen LogP contribution in [0.3, 0.4) is 0 Å². The van der Waals surface area contributed by atoms with Gasteiger partial charge in [0.15, 0.2) is 0 Å². The zero-order valence-electron chi connectivity index (χ0n) is 18.5. The molecule has 1 aliphatic heterocycles. The highest BCUT2D eigenvalue weighted by Gasteiger charge is 2.32. The van der Waals surface area contributed by atoms with Crippen LogP contribution in [0, 0.1) is 0 Å². The van der Waals surface area contributed by atoms with Crippen LogP contribution < -0.4 is 16.8 Å². The lowest BCUT2D eigenvalue weighted by Crippen LogP contribution is -2.33. The summed E-state index contributed by atoms with van der Waals surface area (Å²) in [5.41, 5.74) is 14.2. The van der Waals surface area contributed by atoms with E-state index in [1.807, 2.05) is 22.9 Å². The Kier molecular flexibility index (Phi) is 5.46. The summed E-state index contributed by atoms with van der Waals surface area (Å²) in [6, 6.07) is 13.1. The van der Waals surface area contributed by atoms with Crippen molar-refractivity contribution < 1.29 is 18.0 Å². The SMILES string of the molecule is Nc1ccc(-c2nn([C@H]3CCN(C(=O)Nc4cccc(C(F)(F)F)c4)C3)c3ccnc(N)c23)cc1. The van der Waals surface area contributed by atoms with Crippen LogP contribution in [-0.4, -0.2) is 38.8 Å². The van der Waals surface area contributed by atoms with E-state index in [9.17, 15) is 18.0 Å². The van der Waals surface area contributed by atoms with Crippen molar-refractivity contribution in [2.45, 2.75) is 18.6 Å². The minimum atomic E-state index is -4.49. The number of anilines is 3. The number of urea groups is 1. The van der Waals surface area contributed by atoms with E-state index >= 15 is 0 Å². The van der Waals surface area contributed by atoms with E-state index in [-0.39, 0.29) is 11.7 Å². The Morgan fingerprint density at radius 2 is 1.86 bits per heavy atom. The van der Waals surface area contributed by atoms with E-state index in [0.717, 1.165) is 23.2 Å². The number of hydrogen-bond acceptors (Lipinski definition) is 5.